The van der Waals surface area contributed by atoms with Crippen molar-refractivity contribution >= 4 is 21.9 Å². The molecular formula is C19H12N2O. The van der Waals surface area contributed by atoms with Crippen molar-refractivity contribution in [3.8, 4) is 11.8 Å². The van der Waals surface area contributed by atoms with Crippen LogP contribution in [0.2, 0.25) is 0 Å². The molecule has 104 valence electrons. The molecule has 0 unspecified atom stereocenters. The van der Waals surface area contributed by atoms with E-state index in [0.717, 1.165) is 32.1 Å². The third kappa shape index (κ3) is 1.99. The summed E-state index contributed by atoms with van der Waals surface area (Å²) in [5.74, 6) is 6.24. The number of aromatic nitrogens is 2. The zero-order valence-electron chi connectivity index (χ0n) is 11.7. The van der Waals surface area contributed by atoms with Crippen LogP contribution in [0.4, 0.5) is 0 Å². The minimum absolute atomic E-state index is 0.548. The van der Waals surface area contributed by atoms with Gasteiger partial charge in [-0.1, -0.05) is 48.2 Å². The van der Waals surface area contributed by atoms with Gasteiger partial charge in [0, 0.05) is 28.1 Å². The summed E-state index contributed by atoms with van der Waals surface area (Å²) in [6.45, 7) is 0. The van der Waals surface area contributed by atoms with Crippen LogP contribution in [-0.4, -0.2) is 14.9 Å². The van der Waals surface area contributed by atoms with Gasteiger partial charge >= 0.3 is 0 Å². The Morgan fingerprint density at radius 2 is 1.55 bits per heavy atom. The predicted octanol–water partition coefficient (Wildman–Crippen LogP) is 3.83. The molecule has 0 aliphatic heterocycles. The summed E-state index contributed by atoms with van der Waals surface area (Å²) in [6, 6.07) is 19.5. The zero-order valence-corrected chi connectivity index (χ0v) is 11.7. The first kappa shape index (κ1) is 12.5. The molecule has 0 bridgehead atoms. The van der Waals surface area contributed by atoms with Crippen LogP contribution in [0, 0.1) is 11.8 Å². The van der Waals surface area contributed by atoms with E-state index in [-0.39, 0.29) is 0 Å². The first-order valence-corrected chi connectivity index (χ1v) is 6.98. The third-order valence-electron chi connectivity index (χ3n) is 3.61. The lowest BCUT2D eigenvalue weighted by atomic mass is 10.1. The Morgan fingerprint density at radius 1 is 0.818 bits per heavy atom. The Morgan fingerprint density at radius 3 is 2.41 bits per heavy atom. The maximum atomic E-state index is 10.2. The van der Waals surface area contributed by atoms with E-state index < -0.39 is 0 Å². The summed E-state index contributed by atoms with van der Waals surface area (Å²) >= 11 is 0. The van der Waals surface area contributed by atoms with Crippen LogP contribution in [0.25, 0.3) is 21.9 Å². The third-order valence-corrected chi connectivity index (χ3v) is 3.61. The second-order valence-corrected chi connectivity index (χ2v) is 5.04. The average Bonchev–Trinajstić information content (AvgIpc) is 2.87. The van der Waals surface area contributed by atoms with Crippen molar-refractivity contribution in [2.45, 2.75) is 0 Å². The molecule has 0 radical (unpaired) electrons. The summed E-state index contributed by atoms with van der Waals surface area (Å²) in [4.78, 5) is 4.34. The molecule has 1 N–H and O–H groups in total. The number of hydrogen-bond acceptors (Lipinski definition) is 2. The molecule has 2 heterocycles. The van der Waals surface area contributed by atoms with Crippen molar-refractivity contribution in [2.75, 3.05) is 0 Å². The van der Waals surface area contributed by atoms with Gasteiger partial charge in [-0.05, 0) is 24.3 Å². The first-order valence-electron chi connectivity index (χ1n) is 6.98. The number of nitrogens with zero attached hydrogens (tertiary/aromatic N) is 2. The first-order chi connectivity index (χ1) is 10.8. The van der Waals surface area contributed by atoms with Gasteiger partial charge in [0.15, 0.2) is 5.65 Å². The second-order valence-electron chi connectivity index (χ2n) is 5.04. The Balaban J connectivity index is 1.88. The second kappa shape index (κ2) is 4.94. The van der Waals surface area contributed by atoms with E-state index in [9.17, 15) is 5.21 Å². The molecule has 3 heteroatoms. The van der Waals surface area contributed by atoms with E-state index in [1.54, 1.807) is 6.20 Å². The van der Waals surface area contributed by atoms with Crippen LogP contribution in [0.15, 0.2) is 66.9 Å². The fourth-order valence-electron chi connectivity index (χ4n) is 2.56. The number of hydrogen-bond donors (Lipinski definition) is 1. The summed E-state index contributed by atoms with van der Waals surface area (Å²) < 4.78 is 1.12. The fourth-order valence-corrected chi connectivity index (χ4v) is 2.56. The van der Waals surface area contributed by atoms with E-state index in [1.165, 1.54) is 0 Å². The van der Waals surface area contributed by atoms with Crippen molar-refractivity contribution < 1.29 is 5.21 Å². The van der Waals surface area contributed by atoms with E-state index in [4.69, 9.17) is 0 Å². The molecule has 0 aliphatic rings. The smallest absolute Gasteiger partial charge is 0.176 e. The molecule has 2 aromatic heterocycles. The lowest BCUT2D eigenvalue weighted by molar-refractivity contribution is 0.211. The number of pyridine rings is 1. The van der Waals surface area contributed by atoms with Gasteiger partial charge < -0.3 is 5.21 Å². The van der Waals surface area contributed by atoms with Crippen molar-refractivity contribution in [1.29, 1.82) is 0 Å². The van der Waals surface area contributed by atoms with Gasteiger partial charge in [0.05, 0.1) is 5.52 Å². The zero-order chi connectivity index (χ0) is 14.9. The van der Waals surface area contributed by atoms with Crippen molar-refractivity contribution in [3.63, 3.8) is 0 Å². The van der Waals surface area contributed by atoms with Crippen molar-refractivity contribution in [1.82, 2.24) is 9.71 Å². The minimum Gasteiger partial charge on any atom is -0.426 e. The van der Waals surface area contributed by atoms with Crippen LogP contribution in [0.5, 0.6) is 0 Å². The normalized spacial score (nSPS) is 10.5. The topological polar surface area (TPSA) is 38.0 Å². The fraction of sp³-hybridized carbons (Fsp3) is 0. The van der Waals surface area contributed by atoms with Crippen LogP contribution < -0.4 is 0 Å². The monoisotopic (exact) mass is 284 g/mol. The van der Waals surface area contributed by atoms with E-state index >= 15 is 0 Å². The van der Waals surface area contributed by atoms with Crippen molar-refractivity contribution in [3.05, 3.63) is 78.0 Å². The quantitative estimate of drug-likeness (QED) is 0.394. The van der Waals surface area contributed by atoms with Crippen LogP contribution >= 0.6 is 0 Å². The van der Waals surface area contributed by atoms with E-state index in [2.05, 4.69) is 16.8 Å². The highest BCUT2D eigenvalue weighted by Crippen LogP contribution is 2.26. The number of para-hydroxylation sites is 1. The maximum absolute atomic E-state index is 10.2. The molecule has 0 fully saturated rings. The Hall–Kier alpha value is -3.25. The molecule has 0 atom stereocenters. The van der Waals surface area contributed by atoms with Gasteiger partial charge in [-0.25, -0.2) is 4.98 Å². The lowest BCUT2D eigenvalue weighted by Crippen LogP contribution is -1.91. The Bertz CT molecular complexity index is 1040. The van der Waals surface area contributed by atoms with Gasteiger partial charge in [-0.15, -0.1) is 0 Å². The highest BCUT2D eigenvalue weighted by Gasteiger charge is 2.10. The predicted molar refractivity (Wildman–Crippen MR) is 86.8 cm³/mol. The highest BCUT2D eigenvalue weighted by molar-refractivity contribution is 6.06. The Kier molecular flexibility index (Phi) is 2.80. The number of fused-ring (bicyclic) bond motifs is 3. The molecule has 0 amide bonds. The van der Waals surface area contributed by atoms with Gasteiger partial charge in [0.25, 0.3) is 0 Å². The van der Waals surface area contributed by atoms with Crippen LogP contribution in [0.1, 0.15) is 11.1 Å². The number of benzene rings is 2. The molecule has 22 heavy (non-hydrogen) atoms. The van der Waals surface area contributed by atoms with Crippen LogP contribution in [-0.2, 0) is 0 Å². The molecule has 0 saturated heterocycles. The van der Waals surface area contributed by atoms with E-state index in [1.807, 2.05) is 60.7 Å². The maximum Gasteiger partial charge on any atom is 0.176 e. The molecule has 4 rings (SSSR count). The average molecular weight is 284 g/mol. The minimum atomic E-state index is 0.548. The van der Waals surface area contributed by atoms with E-state index in [0.29, 0.717) is 5.65 Å². The largest absolute Gasteiger partial charge is 0.426 e. The molecule has 3 nitrogen and oxygen atoms in total. The van der Waals surface area contributed by atoms with Gasteiger partial charge in [0.2, 0.25) is 0 Å². The van der Waals surface area contributed by atoms with Crippen molar-refractivity contribution in [2.24, 2.45) is 0 Å². The molecule has 0 spiro atoms. The standard InChI is InChI=1S/C19H12N2O/c22-21-18-9-5-4-8-16(18)17-12-15(13-20-19(17)21)11-10-14-6-2-1-3-7-14/h1-9,12-13,22H. The molecule has 0 aliphatic carbocycles. The summed E-state index contributed by atoms with van der Waals surface area (Å²) in [5, 5.41) is 12.0. The van der Waals surface area contributed by atoms with Crippen LogP contribution in [0.3, 0.4) is 0 Å². The summed E-state index contributed by atoms with van der Waals surface area (Å²) in [6.07, 6.45) is 1.68. The van der Waals surface area contributed by atoms with Gasteiger partial charge in [-0.2, -0.15) is 4.73 Å². The molecule has 4 aromatic rings. The summed E-state index contributed by atoms with van der Waals surface area (Å²) in [7, 11) is 0. The molecule has 2 aromatic carbocycles. The number of rotatable bonds is 0. The molecular weight excluding hydrogens is 272 g/mol. The Labute approximate surface area is 127 Å². The lowest BCUT2D eigenvalue weighted by Gasteiger charge is -1.95. The SMILES string of the molecule is On1c2ccccc2c2cc(C#Cc3ccccc3)cnc21. The summed E-state index contributed by atoms with van der Waals surface area (Å²) in [5.41, 5.74) is 3.09. The molecule has 0 saturated carbocycles. The van der Waals surface area contributed by atoms with Gasteiger partial charge in [-0.3, -0.25) is 0 Å². The van der Waals surface area contributed by atoms with Gasteiger partial charge in [0.1, 0.15) is 0 Å². The highest BCUT2D eigenvalue weighted by atomic mass is 16.5.